The number of sulfonamides is 1. The van der Waals surface area contributed by atoms with Gasteiger partial charge in [-0.05, 0) is 19.8 Å². The van der Waals surface area contributed by atoms with Gasteiger partial charge in [-0.1, -0.05) is 5.16 Å². The fourth-order valence-electron chi connectivity index (χ4n) is 2.52. The molecular weight excluding hydrogens is 294 g/mol. The molecule has 3 heterocycles. The molecule has 21 heavy (non-hydrogen) atoms. The maximum absolute atomic E-state index is 12.6. The molecule has 0 spiro atoms. The van der Waals surface area contributed by atoms with Crippen molar-refractivity contribution in [1.29, 1.82) is 0 Å². The highest BCUT2D eigenvalue weighted by Gasteiger charge is 2.33. The first-order valence-corrected chi connectivity index (χ1v) is 8.20. The molecule has 1 aliphatic heterocycles. The van der Waals surface area contributed by atoms with Gasteiger partial charge in [-0.25, -0.2) is 8.42 Å². The van der Waals surface area contributed by atoms with E-state index in [2.05, 4.69) is 15.2 Å². The van der Waals surface area contributed by atoms with Crippen molar-refractivity contribution in [2.24, 2.45) is 7.05 Å². The largest absolute Gasteiger partial charge is 0.339 e. The summed E-state index contributed by atoms with van der Waals surface area (Å²) in [6, 6.07) is 0. The molecule has 0 unspecified atom stereocenters. The van der Waals surface area contributed by atoms with Gasteiger partial charge in [0.2, 0.25) is 15.9 Å². The summed E-state index contributed by atoms with van der Waals surface area (Å²) in [4.78, 5) is 4.43. The molecule has 0 amide bonds. The van der Waals surface area contributed by atoms with E-state index in [1.54, 1.807) is 14.0 Å². The molecule has 8 nitrogen and oxygen atoms in total. The second kappa shape index (κ2) is 5.23. The van der Waals surface area contributed by atoms with Crippen molar-refractivity contribution in [3.63, 3.8) is 0 Å². The van der Waals surface area contributed by atoms with Gasteiger partial charge in [0.15, 0.2) is 5.82 Å². The normalized spacial score (nSPS) is 20.8. The summed E-state index contributed by atoms with van der Waals surface area (Å²) in [5, 5.41) is 7.70. The van der Waals surface area contributed by atoms with Crippen molar-refractivity contribution in [2.45, 2.75) is 30.6 Å². The van der Waals surface area contributed by atoms with Crippen LogP contribution in [0.1, 0.15) is 30.5 Å². The molecule has 0 saturated carbocycles. The first-order valence-electron chi connectivity index (χ1n) is 6.76. The molecule has 1 saturated heterocycles. The molecule has 3 rings (SSSR count). The second-order valence-corrected chi connectivity index (χ2v) is 7.17. The molecule has 0 N–H and O–H groups in total. The lowest BCUT2D eigenvalue weighted by Crippen LogP contribution is -2.39. The molecule has 0 radical (unpaired) electrons. The molecule has 1 aliphatic rings. The number of piperidine rings is 1. The third-order valence-corrected chi connectivity index (χ3v) is 5.41. The van der Waals surface area contributed by atoms with Crippen LogP contribution in [0.15, 0.2) is 21.8 Å². The van der Waals surface area contributed by atoms with Gasteiger partial charge in [0, 0.05) is 26.3 Å². The fraction of sp³-hybridized carbons (Fsp3) is 0.583. The van der Waals surface area contributed by atoms with E-state index in [9.17, 15) is 8.42 Å². The van der Waals surface area contributed by atoms with Crippen molar-refractivity contribution in [2.75, 3.05) is 13.1 Å². The Balaban J connectivity index is 1.83. The van der Waals surface area contributed by atoms with Crippen molar-refractivity contribution < 1.29 is 12.9 Å². The number of nitrogens with zero attached hydrogens (tertiary/aromatic N) is 5. The van der Waals surface area contributed by atoms with E-state index in [1.807, 2.05) is 0 Å². The lowest BCUT2D eigenvalue weighted by atomic mass is 10.00. The van der Waals surface area contributed by atoms with Crippen LogP contribution in [-0.2, 0) is 17.1 Å². The van der Waals surface area contributed by atoms with Crippen molar-refractivity contribution in [3.8, 4) is 0 Å². The smallest absolute Gasteiger partial charge is 0.246 e. The van der Waals surface area contributed by atoms with E-state index in [0.29, 0.717) is 24.8 Å². The minimum atomic E-state index is -3.52. The first-order chi connectivity index (χ1) is 9.96. The summed E-state index contributed by atoms with van der Waals surface area (Å²) in [6.45, 7) is 2.61. The number of hydrogen-bond donors (Lipinski definition) is 0. The standard InChI is InChI=1S/C12H17N5O3S/c1-9-14-12(20-15-9)10-4-3-5-17(7-10)21(18,19)11-6-13-16(2)8-11/h6,8,10H,3-5,7H2,1-2H3/t10-/m0/s1. The molecule has 2 aromatic heterocycles. The van der Waals surface area contributed by atoms with Crippen LogP contribution in [0, 0.1) is 6.92 Å². The SMILES string of the molecule is Cc1noc([C@H]2CCCN(S(=O)(=O)c3cnn(C)c3)C2)n1. The van der Waals surface area contributed by atoms with Crippen LogP contribution in [-0.4, -0.2) is 45.7 Å². The highest BCUT2D eigenvalue weighted by atomic mass is 32.2. The Hall–Kier alpha value is -1.74. The Kier molecular flexibility index (Phi) is 3.54. The molecule has 114 valence electrons. The highest BCUT2D eigenvalue weighted by molar-refractivity contribution is 7.89. The van der Waals surface area contributed by atoms with E-state index < -0.39 is 10.0 Å². The Bertz CT molecular complexity index is 736. The van der Waals surface area contributed by atoms with Gasteiger partial charge < -0.3 is 4.52 Å². The van der Waals surface area contributed by atoms with Crippen LogP contribution in [0.25, 0.3) is 0 Å². The number of aromatic nitrogens is 4. The highest BCUT2D eigenvalue weighted by Crippen LogP contribution is 2.29. The van der Waals surface area contributed by atoms with Crippen LogP contribution in [0.2, 0.25) is 0 Å². The van der Waals surface area contributed by atoms with Gasteiger partial charge in [0.05, 0.1) is 12.1 Å². The Morgan fingerprint density at radius 2 is 2.24 bits per heavy atom. The maximum atomic E-state index is 12.6. The van der Waals surface area contributed by atoms with Gasteiger partial charge in [0.1, 0.15) is 4.90 Å². The third-order valence-electron chi connectivity index (χ3n) is 3.60. The van der Waals surface area contributed by atoms with Gasteiger partial charge in [0.25, 0.3) is 0 Å². The molecule has 0 bridgehead atoms. The average Bonchev–Trinajstić information content (AvgIpc) is 3.08. The molecule has 0 aliphatic carbocycles. The van der Waals surface area contributed by atoms with E-state index in [1.165, 1.54) is 21.4 Å². The molecule has 2 aromatic rings. The summed E-state index contributed by atoms with van der Waals surface area (Å²) >= 11 is 0. The quantitative estimate of drug-likeness (QED) is 0.827. The first kappa shape index (κ1) is 14.2. The predicted molar refractivity (Wildman–Crippen MR) is 73.0 cm³/mol. The molecule has 1 fully saturated rings. The Labute approximate surface area is 122 Å². The Morgan fingerprint density at radius 3 is 2.86 bits per heavy atom. The molecule has 1 atom stereocenters. The second-order valence-electron chi connectivity index (χ2n) is 5.23. The van der Waals surface area contributed by atoms with Crippen LogP contribution >= 0.6 is 0 Å². The minimum absolute atomic E-state index is 0.0496. The molecule has 0 aromatic carbocycles. The summed E-state index contributed by atoms with van der Waals surface area (Å²) in [5.74, 6) is 1.03. The van der Waals surface area contributed by atoms with Crippen molar-refractivity contribution in [1.82, 2.24) is 24.2 Å². The van der Waals surface area contributed by atoms with Crippen molar-refractivity contribution in [3.05, 3.63) is 24.1 Å². The monoisotopic (exact) mass is 311 g/mol. The van der Waals surface area contributed by atoms with E-state index in [4.69, 9.17) is 4.52 Å². The van der Waals surface area contributed by atoms with Crippen LogP contribution < -0.4 is 0 Å². The van der Waals surface area contributed by atoms with Gasteiger partial charge in [-0.15, -0.1) is 0 Å². The molecular formula is C12H17N5O3S. The number of hydrogen-bond acceptors (Lipinski definition) is 6. The van der Waals surface area contributed by atoms with E-state index in [-0.39, 0.29) is 10.8 Å². The molecule has 9 heteroatoms. The number of aryl methyl sites for hydroxylation is 2. The summed E-state index contributed by atoms with van der Waals surface area (Å²) in [5.41, 5.74) is 0. The maximum Gasteiger partial charge on any atom is 0.246 e. The fourth-order valence-corrected chi connectivity index (χ4v) is 4.03. The van der Waals surface area contributed by atoms with Gasteiger partial charge >= 0.3 is 0 Å². The van der Waals surface area contributed by atoms with Crippen molar-refractivity contribution >= 4 is 10.0 Å². The summed E-state index contributed by atoms with van der Waals surface area (Å²) in [7, 11) is -1.82. The van der Waals surface area contributed by atoms with E-state index >= 15 is 0 Å². The third kappa shape index (κ3) is 2.70. The summed E-state index contributed by atoms with van der Waals surface area (Å²) < 4.78 is 33.3. The zero-order valence-corrected chi connectivity index (χ0v) is 12.7. The van der Waals surface area contributed by atoms with Crippen LogP contribution in [0.3, 0.4) is 0 Å². The van der Waals surface area contributed by atoms with E-state index in [0.717, 1.165) is 12.8 Å². The lowest BCUT2D eigenvalue weighted by Gasteiger charge is -2.29. The average molecular weight is 311 g/mol. The van der Waals surface area contributed by atoms with Crippen LogP contribution in [0.4, 0.5) is 0 Å². The zero-order valence-electron chi connectivity index (χ0n) is 11.9. The summed E-state index contributed by atoms with van der Waals surface area (Å²) in [6.07, 6.45) is 4.50. The Morgan fingerprint density at radius 1 is 1.43 bits per heavy atom. The predicted octanol–water partition coefficient (Wildman–Crippen LogP) is 0.680. The topological polar surface area (TPSA) is 94.1 Å². The zero-order chi connectivity index (χ0) is 15.0. The van der Waals surface area contributed by atoms with Crippen LogP contribution in [0.5, 0.6) is 0 Å². The van der Waals surface area contributed by atoms with Gasteiger partial charge in [-0.2, -0.15) is 14.4 Å². The number of rotatable bonds is 3. The minimum Gasteiger partial charge on any atom is -0.339 e. The lowest BCUT2D eigenvalue weighted by molar-refractivity contribution is 0.265. The van der Waals surface area contributed by atoms with Gasteiger partial charge in [-0.3, -0.25) is 4.68 Å².